The highest BCUT2D eigenvalue weighted by Gasteiger charge is 2.19. The van der Waals surface area contributed by atoms with Crippen molar-refractivity contribution >= 4 is 5.97 Å². The molecule has 1 N–H and O–H groups in total. The van der Waals surface area contributed by atoms with E-state index in [0.717, 1.165) is 22.4 Å². The fraction of sp³-hybridized carbons (Fsp3) is 0.194. The molecule has 0 saturated heterocycles. The SMILES string of the molecule is COC(=O)[C@H](Cc1ccc(OCc2cccc(-c3ccccc3)c2C)cc1)NCc1cncc(C#N)c1. The first kappa shape index (κ1) is 25.6. The fourth-order valence-electron chi connectivity index (χ4n) is 4.16. The minimum atomic E-state index is -0.536. The number of methoxy groups -OCH3 is 1. The van der Waals surface area contributed by atoms with Gasteiger partial charge in [0, 0.05) is 18.9 Å². The average molecular weight is 492 g/mol. The quantitative estimate of drug-likeness (QED) is 0.300. The van der Waals surface area contributed by atoms with Crippen LogP contribution in [0.25, 0.3) is 11.1 Å². The number of carbonyl (C=O) groups is 1. The Labute approximate surface area is 217 Å². The number of ether oxygens (including phenoxy) is 2. The molecule has 0 fully saturated rings. The van der Waals surface area contributed by atoms with E-state index in [4.69, 9.17) is 14.7 Å². The Kier molecular flexibility index (Phi) is 8.64. The minimum Gasteiger partial charge on any atom is -0.489 e. The van der Waals surface area contributed by atoms with Crippen LogP contribution < -0.4 is 10.1 Å². The highest BCUT2D eigenvalue weighted by Crippen LogP contribution is 2.26. The number of esters is 1. The van der Waals surface area contributed by atoms with E-state index in [9.17, 15) is 4.79 Å². The van der Waals surface area contributed by atoms with Crippen molar-refractivity contribution in [1.29, 1.82) is 5.26 Å². The number of nitriles is 1. The van der Waals surface area contributed by atoms with Crippen LogP contribution in [0.15, 0.2) is 91.3 Å². The van der Waals surface area contributed by atoms with Crippen LogP contribution in [0.5, 0.6) is 5.75 Å². The van der Waals surface area contributed by atoms with Crippen LogP contribution in [-0.4, -0.2) is 24.1 Å². The standard InChI is InChI=1S/C31H29N3O3/c1-22-27(9-6-10-29(22)26-7-4-3-5-8-26)21-37-28-13-11-23(12-14-28)16-30(31(35)36-2)34-20-25-15-24(17-32)18-33-19-25/h3-15,18-19,30,34H,16,20-21H2,1-2H3/t30-/m0/s1. The van der Waals surface area contributed by atoms with E-state index >= 15 is 0 Å². The molecule has 6 nitrogen and oxygen atoms in total. The van der Waals surface area contributed by atoms with Gasteiger partial charge in [0.15, 0.2) is 0 Å². The first-order chi connectivity index (χ1) is 18.1. The van der Waals surface area contributed by atoms with Gasteiger partial charge in [0.2, 0.25) is 0 Å². The van der Waals surface area contributed by atoms with Gasteiger partial charge < -0.3 is 9.47 Å². The van der Waals surface area contributed by atoms with E-state index in [0.29, 0.717) is 25.1 Å². The number of carbonyl (C=O) groups excluding carboxylic acids is 1. The Bertz CT molecular complexity index is 1380. The molecule has 3 aromatic carbocycles. The smallest absolute Gasteiger partial charge is 0.323 e. The van der Waals surface area contributed by atoms with Gasteiger partial charge in [0.1, 0.15) is 24.5 Å². The normalized spacial score (nSPS) is 11.4. The lowest BCUT2D eigenvalue weighted by Gasteiger charge is -2.17. The van der Waals surface area contributed by atoms with Crippen LogP contribution in [0.2, 0.25) is 0 Å². The molecule has 0 radical (unpaired) electrons. The topological polar surface area (TPSA) is 84.2 Å². The fourth-order valence-corrected chi connectivity index (χ4v) is 4.16. The summed E-state index contributed by atoms with van der Waals surface area (Å²) in [5.41, 5.74) is 7.00. The van der Waals surface area contributed by atoms with Crippen LogP contribution in [0.4, 0.5) is 0 Å². The maximum atomic E-state index is 12.4. The zero-order valence-electron chi connectivity index (χ0n) is 21.0. The van der Waals surface area contributed by atoms with Crippen molar-refractivity contribution in [3.63, 3.8) is 0 Å². The van der Waals surface area contributed by atoms with Gasteiger partial charge in [-0.1, -0.05) is 60.7 Å². The van der Waals surface area contributed by atoms with Crippen molar-refractivity contribution in [1.82, 2.24) is 10.3 Å². The molecule has 4 aromatic rings. The van der Waals surface area contributed by atoms with Crippen molar-refractivity contribution < 1.29 is 14.3 Å². The Hall–Kier alpha value is -4.47. The Balaban J connectivity index is 1.38. The summed E-state index contributed by atoms with van der Waals surface area (Å²) in [4.78, 5) is 16.4. The number of nitrogens with one attached hydrogen (secondary N) is 1. The van der Waals surface area contributed by atoms with Gasteiger partial charge in [0.25, 0.3) is 0 Å². The molecule has 1 heterocycles. The molecule has 1 aromatic heterocycles. The van der Waals surface area contributed by atoms with E-state index in [-0.39, 0.29) is 5.97 Å². The molecule has 0 aliphatic rings. The lowest BCUT2D eigenvalue weighted by molar-refractivity contribution is -0.143. The maximum Gasteiger partial charge on any atom is 0.323 e. The number of aromatic nitrogens is 1. The molecule has 37 heavy (non-hydrogen) atoms. The van der Waals surface area contributed by atoms with Crippen LogP contribution >= 0.6 is 0 Å². The third-order valence-electron chi connectivity index (χ3n) is 6.25. The molecular weight excluding hydrogens is 462 g/mol. The monoisotopic (exact) mass is 491 g/mol. The Morgan fingerprint density at radius 1 is 1.00 bits per heavy atom. The highest BCUT2D eigenvalue weighted by molar-refractivity contribution is 5.76. The van der Waals surface area contributed by atoms with Crippen molar-refractivity contribution in [2.24, 2.45) is 0 Å². The van der Waals surface area contributed by atoms with Crippen molar-refractivity contribution in [3.05, 3.63) is 119 Å². The van der Waals surface area contributed by atoms with Crippen molar-refractivity contribution in [3.8, 4) is 22.9 Å². The summed E-state index contributed by atoms with van der Waals surface area (Å²) >= 11 is 0. The minimum absolute atomic E-state index is 0.349. The zero-order valence-corrected chi connectivity index (χ0v) is 21.0. The molecule has 0 bridgehead atoms. The van der Waals surface area contributed by atoms with Gasteiger partial charge in [-0.25, -0.2) is 0 Å². The van der Waals surface area contributed by atoms with E-state index in [1.807, 2.05) is 42.5 Å². The van der Waals surface area contributed by atoms with E-state index in [2.05, 4.69) is 53.6 Å². The van der Waals surface area contributed by atoms with Gasteiger partial charge in [-0.3, -0.25) is 15.1 Å². The summed E-state index contributed by atoms with van der Waals surface area (Å²) in [5.74, 6) is 0.411. The third kappa shape index (κ3) is 6.81. The molecule has 0 aliphatic carbocycles. The second kappa shape index (κ2) is 12.5. The third-order valence-corrected chi connectivity index (χ3v) is 6.25. The first-order valence-electron chi connectivity index (χ1n) is 12.1. The molecule has 6 heteroatoms. The predicted octanol–water partition coefficient (Wildman–Crippen LogP) is 5.38. The summed E-state index contributed by atoms with van der Waals surface area (Å²) in [5, 5.41) is 12.3. The lowest BCUT2D eigenvalue weighted by Crippen LogP contribution is -2.39. The zero-order chi connectivity index (χ0) is 26.0. The number of nitrogens with zero attached hydrogens (tertiary/aromatic N) is 2. The number of rotatable bonds is 10. The van der Waals surface area contributed by atoms with E-state index < -0.39 is 6.04 Å². The number of hydrogen-bond acceptors (Lipinski definition) is 6. The molecule has 0 spiro atoms. The first-order valence-corrected chi connectivity index (χ1v) is 12.1. The molecule has 4 rings (SSSR count). The van der Waals surface area contributed by atoms with Crippen LogP contribution in [0.1, 0.15) is 27.8 Å². The Morgan fingerprint density at radius 2 is 1.78 bits per heavy atom. The molecule has 0 amide bonds. The van der Waals surface area contributed by atoms with Crippen molar-refractivity contribution in [2.75, 3.05) is 7.11 Å². The summed E-state index contributed by atoms with van der Waals surface area (Å²) < 4.78 is 11.1. The summed E-state index contributed by atoms with van der Waals surface area (Å²) in [7, 11) is 1.38. The van der Waals surface area contributed by atoms with Crippen molar-refractivity contribution in [2.45, 2.75) is 32.5 Å². The second-order valence-electron chi connectivity index (χ2n) is 8.74. The van der Waals surface area contributed by atoms with Crippen LogP contribution in [0.3, 0.4) is 0 Å². The number of benzene rings is 3. The van der Waals surface area contributed by atoms with Gasteiger partial charge in [-0.15, -0.1) is 0 Å². The van der Waals surface area contributed by atoms with Gasteiger partial charge in [-0.2, -0.15) is 5.26 Å². The largest absolute Gasteiger partial charge is 0.489 e. The maximum absolute atomic E-state index is 12.4. The molecule has 1 atom stereocenters. The second-order valence-corrected chi connectivity index (χ2v) is 8.74. The summed E-state index contributed by atoms with van der Waals surface area (Å²) in [6, 6.07) is 27.6. The van der Waals surface area contributed by atoms with Gasteiger partial charge in [-0.05, 0) is 64.9 Å². The summed E-state index contributed by atoms with van der Waals surface area (Å²) in [6.45, 7) is 2.98. The van der Waals surface area contributed by atoms with E-state index in [1.165, 1.54) is 30.0 Å². The van der Waals surface area contributed by atoms with Gasteiger partial charge in [0.05, 0.1) is 12.7 Å². The van der Waals surface area contributed by atoms with Gasteiger partial charge >= 0.3 is 5.97 Å². The number of hydrogen-bond donors (Lipinski definition) is 1. The lowest BCUT2D eigenvalue weighted by atomic mass is 9.97. The van der Waals surface area contributed by atoms with E-state index in [1.54, 1.807) is 12.3 Å². The van der Waals surface area contributed by atoms with Crippen LogP contribution in [0, 0.1) is 18.3 Å². The molecule has 186 valence electrons. The predicted molar refractivity (Wildman–Crippen MR) is 143 cm³/mol. The number of pyridine rings is 1. The summed E-state index contributed by atoms with van der Waals surface area (Å²) in [6.07, 6.45) is 3.63. The highest BCUT2D eigenvalue weighted by atomic mass is 16.5. The molecule has 0 aliphatic heterocycles. The molecular formula is C31H29N3O3. The molecule has 0 saturated carbocycles. The average Bonchev–Trinajstić information content (AvgIpc) is 2.95. The Morgan fingerprint density at radius 3 is 2.51 bits per heavy atom. The molecule has 0 unspecified atom stereocenters. The van der Waals surface area contributed by atoms with Crippen LogP contribution in [-0.2, 0) is 29.1 Å².